The molecule has 0 radical (unpaired) electrons. The number of nitrogens with one attached hydrogen (secondary N) is 2. The number of amides is 2. The van der Waals surface area contributed by atoms with Crippen molar-refractivity contribution in [3.63, 3.8) is 0 Å². The summed E-state index contributed by atoms with van der Waals surface area (Å²) in [6.45, 7) is 0.483. The van der Waals surface area contributed by atoms with Crippen LogP contribution in [0.1, 0.15) is 51.4 Å². The first-order valence-electron chi connectivity index (χ1n) is 9.76. The maximum atomic E-state index is 11.8. The van der Waals surface area contributed by atoms with Gasteiger partial charge in [-0.3, -0.25) is 9.59 Å². The molecule has 0 saturated carbocycles. The standard InChI is InChI=1S/C19H30N2O6S2/c1-27-18(24)10-9-17(23)21-15(19(25)26)7-4-5-12-20-16(22)8-3-2-6-14-11-13-28-29-14/h9-10,14-15H,2-8,11-13H2,1H3,(H,20,22)(H,21,23)(H,25,26)/b10-9+/t14-,15?/m1/s1. The average molecular weight is 447 g/mol. The van der Waals surface area contributed by atoms with Crippen LogP contribution in [0.15, 0.2) is 12.2 Å². The van der Waals surface area contributed by atoms with Crippen molar-refractivity contribution in [2.24, 2.45) is 0 Å². The number of unbranched alkanes of at least 4 members (excludes halogenated alkanes) is 2. The Balaban J connectivity index is 2.11. The first-order chi connectivity index (χ1) is 13.9. The van der Waals surface area contributed by atoms with Gasteiger partial charge in [0.25, 0.3) is 0 Å². The van der Waals surface area contributed by atoms with Gasteiger partial charge in [-0.05, 0) is 38.5 Å². The minimum atomic E-state index is -1.15. The highest BCUT2D eigenvalue weighted by Crippen LogP contribution is 2.39. The van der Waals surface area contributed by atoms with E-state index in [-0.39, 0.29) is 12.3 Å². The van der Waals surface area contributed by atoms with Gasteiger partial charge in [-0.1, -0.05) is 28.0 Å². The van der Waals surface area contributed by atoms with Gasteiger partial charge in [0, 0.05) is 36.1 Å². The van der Waals surface area contributed by atoms with Crippen LogP contribution < -0.4 is 10.6 Å². The van der Waals surface area contributed by atoms with E-state index in [2.05, 4.69) is 15.4 Å². The van der Waals surface area contributed by atoms with Crippen molar-refractivity contribution in [3.05, 3.63) is 12.2 Å². The van der Waals surface area contributed by atoms with Gasteiger partial charge in [-0.2, -0.15) is 0 Å². The van der Waals surface area contributed by atoms with E-state index < -0.39 is 23.9 Å². The van der Waals surface area contributed by atoms with E-state index in [1.807, 2.05) is 21.6 Å². The highest BCUT2D eigenvalue weighted by Gasteiger charge is 2.18. The summed E-state index contributed by atoms with van der Waals surface area (Å²) in [6.07, 6.45) is 8.17. The normalized spacial score (nSPS) is 17.1. The molecular formula is C19H30N2O6S2. The van der Waals surface area contributed by atoms with Crippen LogP contribution in [-0.4, -0.2) is 59.6 Å². The fraction of sp³-hybridized carbons (Fsp3) is 0.684. The second kappa shape index (κ2) is 15.2. The van der Waals surface area contributed by atoms with Crippen LogP contribution in [0.4, 0.5) is 0 Å². The van der Waals surface area contributed by atoms with Crippen LogP contribution in [-0.2, 0) is 23.9 Å². The molecule has 10 heteroatoms. The maximum absolute atomic E-state index is 11.8. The van der Waals surface area contributed by atoms with Crippen molar-refractivity contribution < 1.29 is 29.0 Å². The molecule has 1 saturated heterocycles. The molecule has 1 aliphatic heterocycles. The Labute approximate surface area is 179 Å². The van der Waals surface area contributed by atoms with Crippen LogP contribution in [0, 0.1) is 0 Å². The van der Waals surface area contributed by atoms with E-state index in [9.17, 15) is 24.3 Å². The minimum absolute atomic E-state index is 0.0227. The molecule has 1 aliphatic rings. The van der Waals surface area contributed by atoms with Crippen molar-refractivity contribution in [3.8, 4) is 0 Å². The monoisotopic (exact) mass is 446 g/mol. The Hall–Kier alpha value is -1.68. The molecular weight excluding hydrogens is 416 g/mol. The van der Waals surface area contributed by atoms with E-state index in [1.165, 1.54) is 25.7 Å². The Morgan fingerprint density at radius 1 is 1.17 bits per heavy atom. The molecule has 1 unspecified atom stereocenters. The van der Waals surface area contributed by atoms with Gasteiger partial charge in [0.2, 0.25) is 11.8 Å². The summed E-state index contributed by atoms with van der Waals surface area (Å²) in [5, 5.41) is 15.1. The smallest absolute Gasteiger partial charge is 0.330 e. The molecule has 0 spiro atoms. The van der Waals surface area contributed by atoms with E-state index in [4.69, 9.17) is 0 Å². The second-order valence-corrected chi connectivity index (χ2v) is 9.46. The maximum Gasteiger partial charge on any atom is 0.330 e. The molecule has 29 heavy (non-hydrogen) atoms. The van der Waals surface area contributed by atoms with E-state index in [0.29, 0.717) is 25.8 Å². The van der Waals surface area contributed by atoms with Gasteiger partial charge in [0.15, 0.2) is 0 Å². The van der Waals surface area contributed by atoms with E-state index in [1.54, 1.807) is 0 Å². The number of methoxy groups -OCH3 is 1. The minimum Gasteiger partial charge on any atom is -0.480 e. The third-order valence-electron chi connectivity index (χ3n) is 4.34. The van der Waals surface area contributed by atoms with Gasteiger partial charge < -0.3 is 20.5 Å². The summed E-state index contributed by atoms with van der Waals surface area (Å²) in [5.74, 6) is -1.26. The van der Waals surface area contributed by atoms with Gasteiger partial charge in [0.05, 0.1) is 7.11 Å². The lowest BCUT2D eigenvalue weighted by molar-refractivity contribution is -0.141. The molecule has 2 atom stereocenters. The van der Waals surface area contributed by atoms with Crippen molar-refractivity contribution in [2.75, 3.05) is 19.4 Å². The summed E-state index contributed by atoms with van der Waals surface area (Å²) >= 11 is 0. The highest BCUT2D eigenvalue weighted by atomic mass is 33.1. The zero-order valence-corrected chi connectivity index (χ0v) is 18.3. The average Bonchev–Trinajstić information content (AvgIpc) is 3.21. The topological polar surface area (TPSA) is 122 Å². The predicted molar refractivity (Wildman–Crippen MR) is 115 cm³/mol. The molecule has 0 aromatic carbocycles. The third kappa shape index (κ3) is 12.5. The summed E-state index contributed by atoms with van der Waals surface area (Å²) in [4.78, 5) is 45.6. The summed E-state index contributed by atoms with van der Waals surface area (Å²) in [6, 6.07) is -1.05. The SMILES string of the molecule is COC(=O)/C=C/C(=O)NC(CCCCNC(=O)CCCC[C@@H]1CCSS1)C(=O)O. The van der Waals surface area contributed by atoms with Gasteiger partial charge >= 0.3 is 11.9 Å². The number of carbonyl (C=O) groups excluding carboxylic acids is 3. The number of hydrogen-bond acceptors (Lipinski definition) is 7. The summed E-state index contributed by atoms with van der Waals surface area (Å²) in [7, 11) is 5.06. The van der Waals surface area contributed by atoms with E-state index in [0.717, 1.165) is 30.2 Å². The first-order valence-corrected chi connectivity index (χ1v) is 12.1. The number of rotatable bonds is 14. The number of carboxylic acids is 1. The second-order valence-electron chi connectivity index (χ2n) is 6.68. The molecule has 2 amide bonds. The zero-order valence-electron chi connectivity index (χ0n) is 16.7. The fourth-order valence-corrected chi connectivity index (χ4v) is 5.73. The lowest BCUT2D eigenvalue weighted by Gasteiger charge is -2.13. The quantitative estimate of drug-likeness (QED) is 0.161. The van der Waals surface area contributed by atoms with Gasteiger partial charge in [-0.15, -0.1) is 0 Å². The van der Waals surface area contributed by atoms with Crippen molar-refractivity contribution in [1.29, 1.82) is 0 Å². The highest BCUT2D eigenvalue weighted by molar-refractivity contribution is 8.77. The zero-order chi connectivity index (χ0) is 21.5. The van der Waals surface area contributed by atoms with Crippen LogP contribution in [0.3, 0.4) is 0 Å². The summed E-state index contributed by atoms with van der Waals surface area (Å²) < 4.78 is 4.36. The molecule has 8 nitrogen and oxygen atoms in total. The number of carbonyl (C=O) groups is 4. The molecule has 1 heterocycles. The third-order valence-corrected chi connectivity index (χ3v) is 7.34. The molecule has 1 fully saturated rings. The lowest BCUT2D eigenvalue weighted by Crippen LogP contribution is -2.40. The molecule has 0 aromatic rings. The number of carboxylic acid groups (broad SMARTS) is 1. The fourth-order valence-electron chi connectivity index (χ4n) is 2.70. The van der Waals surface area contributed by atoms with Crippen LogP contribution in [0.2, 0.25) is 0 Å². The molecule has 1 rings (SSSR count). The van der Waals surface area contributed by atoms with Crippen LogP contribution in [0.25, 0.3) is 0 Å². The molecule has 0 aromatic heterocycles. The summed E-state index contributed by atoms with van der Waals surface area (Å²) in [5.41, 5.74) is 0. The van der Waals surface area contributed by atoms with Gasteiger partial charge in [0.1, 0.15) is 6.04 Å². The van der Waals surface area contributed by atoms with Crippen molar-refractivity contribution in [1.82, 2.24) is 10.6 Å². The van der Waals surface area contributed by atoms with Crippen molar-refractivity contribution in [2.45, 2.75) is 62.7 Å². The lowest BCUT2D eigenvalue weighted by atomic mass is 10.1. The largest absolute Gasteiger partial charge is 0.480 e. The molecule has 0 aliphatic carbocycles. The Morgan fingerprint density at radius 3 is 2.62 bits per heavy atom. The molecule has 0 bridgehead atoms. The number of esters is 1. The molecule has 164 valence electrons. The number of ether oxygens (including phenoxy) is 1. The molecule has 3 N–H and O–H groups in total. The first kappa shape index (κ1) is 25.4. The van der Waals surface area contributed by atoms with E-state index >= 15 is 0 Å². The Morgan fingerprint density at radius 2 is 1.97 bits per heavy atom. The van der Waals surface area contributed by atoms with Gasteiger partial charge in [-0.25, -0.2) is 9.59 Å². The van der Waals surface area contributed by atoms with Crippen LogP contribution in [0.5, 0.6) is 0 Å². The Bertz CT molecular complexity index is 579. The Kier molecular flexibility index (Phi) is 13.3. The van der Waals surface area contributed by atoms with Crippen LogP contribution >= 0.6 is 21.6 Å². The van der Waals surface area contributed by atoms with Crippen molar-refractivity contribution >= 4 is 45.3 Å². The number of aliphatic carboxylic acids is 1. The number of hydrogen-bond donors (Lipinski definition) is 3. The predicted octanol–water partition coefficient (Wildman–Crippen LogP) is 2.29.